The van der Waals surface area contributed by atoms with Crippen molar-refractivity contribution in [2.75, 3.05) is 19.6 Å². The van der Waals surface area contributed by atoms with Gasteiger partial charge in [0, 0.05) is 44.1 Å². The second kappa shape index (κ2) is 8.11. The maximum absolute atomic E-state index is 12.4. The topological polar surface area (TPSA) is 36.4 Å². The van der Waals surface area contributed by atoms with Crippen LogP contribution in [0, 0.1) is 12.8 Å². The second-order valence-corrected chi connectivity index (χ2v) is 7.30. The molecular formula is C18H28ClN3O. The largest absolute Gasteiger partial charge is 0.336 e. The second-order valence-electron chi connectivity index (χ2n) is 6.64. The molecule has 0 spiro atoms. The number of hydrogen-bond donors (Lipinski definition) is 0. The van der Waals surface area contributed by atoms with Gasteiger partial charge in [0.25, 0.3) is 0 Å². The lowest BCUT2D eigenvalue weighted by molar-refractivity contribution is -0.137. The highest BCUT2D eigenvalue weighted by atomic mass is 35.5. The van der Waals surface area contributed by atoms with E-state index >= 15 is 0 Å². The van der Waals surface area contributed by atoms with Gasteiger partial charge in [0.2, 0.25) is 5.91 Å². The number of pyridine rings is 1. The molecule has 4 nitrogen and oxygen atoms in total. The molecule has 0 radical (unpaired) electrons. The summed E-state index contributed by atoms with van der Waals surface area (Å²) in [6, 6.07) is 4.43. The van der Waals surface area contributed by atoms with E-state index in [1.165, 1.54) is 5.56 Å². The standard InChI is InChI=1S/C18H28ClN3O/c1-5-13(2)17-12-21(8-9-22(17)18(23)15(4)19)11-16-7-6-14(3)20-10-16/h6-7,10,13,15,17H,5,8-9,11-12H2,1-4H3. The Labute approximate surface area is 144 Å². The Hall–Kier alpha value is -1.13. The maximum atomic E-state index is 12.4. The third-order valence-electron chi connectivity index (χ3n) is 4.81. The summed E-state index contributed by atoms with van der Waals surface area (Å²) >= 11 is 6.04. The van der Waals surface area contributed by atoms with Crippen molar-refractivity contribution in [3.63, 3.8) is 0 Å². The van der Waals surface area contributed by atoms with E-state index in [4.69, 9.17) is 11.6 Å². The predicted molar refractivity (Wildman–Crippen MR) is 94.5 cm³/mol. The third kappa shape index (κ3) is 4.67. The van der Waals surface area contributed by atoms with E-state index in [1.54, 1.807) is 6.92 Å². The monoisotopic (exact) mass is 337 g/mol. The normalized spacial score (nSPS) is 22.0. The van der Waals surface area contributed by atoms with Gasteiger partial charge in [-0.3, -0.25) is 14.7 Å². The molecule has 0 saturated carbocycles. The highest BCUT2D eigenvalue weighted by molar-refractivity contribution is 6.30. The Bertz CT molecular complexity index is 518. The van der Waals surface area contributed by atoms with Gasteiger partial charge < -0.3 is 4.90 Å². The molecule has 0 aliphatic carbocycles. The lowest BCUT2D eigenvalue weighted by atomic mass is 9.94. The van der Waals surface area contributed by atoms with Gasteiger partial charge in [-0.1, -0.05) is 26.3 Å². The SMILES string of the molecule is CCC(C)C1CN(Cc2ccc(C)nc2)CCN1C(=O)C(C)Cl. The summed E-state index contributed by atoms with van der Waals surface area (Å²) in [4.78, 5) is 21.2. The van der Waals surface area contributed by atoms with Crippen LogP contribution < -0.4 is 0 Å². The molecule has 0 N–H and O–H groups in total. The zero-order chi connectivity index (χ0) is 17.0. The first-order chi connectivity index (χ1) is 10.9. The Morgan fingerprint density at radius 2 is 2.13 bits per heavy atom. The first-order valence-corrected chi connectivity index (χ1v) is 8.94. The van der Waals surface area contributed by atoms with Gasteiger partial charge in [0.15, 0.2) is 0 Å². The van der Waals surface area contributed by atoms with Crippen molar-refractivity contribution in [3.8, 4) is 0 Å². The molecule has 1 aliphatic heterocycles. The van der Waals surface area contributed by atoms with E-state index in [0.29, 0.717) is 5.92 Å². The summed E-state index contributed by atoms with van der Waals surface area (Å²) in [6.07, 6.45) is 3.01. The smallest absolute Gasteiger partial charge is 0.240 e. The summed E-state index contributed by atoms with van der Waals surface area (Å²) in [5.74, 6) is 0.530. The molecule has 2 rings (SSSR count). The van der Waals surface area contributed by atoms with E-state index in [2.05, 4.69) is 35.9 Å². The molecule has 1 saturated heterocycles. The van der Waals surface area contributed by atoms with Gasteiger partial charge in [0.05, 0.1) is 0 Å². The van der Waals surface area contributed by atoms with Crippen molar-refractivity contribution in [1.82, 2.24) is 14.8 Å². The summed E-state index contributed by atoms with van der Waals surface area (Å²) in [5, 5.41) is -0.450. The number of aromatic nitrogens is 1. The fourth-order valence-corrected chi connectivity index (χ4v) is 3.25. The molecule has 1 aromatic rings. The van der Waals surface area contributed by atoms with Crippen molar-refractivity contribution in [3.05, 3.63) is 29.6 Å². The molecule has 3 atom stereocenters. The summed E-state index contributed by atoms with van der Waals surface area (Å²) < 4.78 is 0. The predicted octanol–water partition coefficient (Wildman–Crippen LogP) is 3.08. The quantitative estimate of drug-likeness (QED) is 0.775. The van der Waals surface area contributed by atoms with Crippen LogP contribution in [-0.4, -0.2) is 51.7 Å². The van der Waals surface area contributed by atoms with Crippen LogP contribution in [0.3, 0.4) is 0 Å². The molecule has 5 heteroatoms. The van der Waals surface area contributed by atoms with Crippen molar-refractivity contribution in [2.24, 2.45) is 5.92 Å². The van der Waals surface area contributed by atoms with Gasteiger partial charge in [-0.05, 0) is 31.4 Å². The van der Waals surface area contributed by atoms with Crippen LogP contribution in [-0.2, 0) is 11.3 Å². The number of piperazine rings is 1. The van der Waals surface area contributed by atoms with Gasteiger partial charge in [-0.15, -0.1) is 11.6 Å². The van der Waals surface area contributed by atoms with Crippen LogP contribution in [0.25, 0.3) is 0 Å². The maximum Gasteiger partial charge on any atom is 0.240 e. The van der Waals surface area contributed by atoms with E-state index in [-0.39, 0.29) is 11.9 Å². The van der Waals surface area contributed by atoms with Gasteiger partial charge >= 0.3 is 0 Å². The number of halogens is 1. The summed E-state index contributed by atoms with van der Waals surface area (Å²) in [5.41, 5.74) is 2.27. The number of alkyl halides is 1. The minimum absolute atomic E-state index is 0.0635. The molecule has 0 aromatic carbocycles. The first-order valence-electron chi connectivity index (χ1n) is 8.50. The summed E-state index contributed by atoms with van der Waals surface area (Å²) in [6.45, 7) is 11.6. The Morgan fingerprint density at radius 3 is 2.70 bits per heavy atom. The highest BCUT2D eigenvalue weighted by Gasteiger charge is 2.34. The molecule has 3 unspecified atom stereocenters. The number of amides is 1. The summed E-state index contributed by atoms with van der Waals surface area (Å²) in [7, 11) is 0. The van der Waals surface area contributed by atoms with Crippen molar-refractivity contribution >= 4 is 17.5 Å². The molecular weight excluding hydrogens is 310 g/mol. The number of carbonyl (C=O) groups excluding carboxylic acids is 1. The van der Waals surface area contributed by atoms with Crippen LogP contribution in [0.5, 0.6) is 0 Å². The van der Waals surface area contributed by atoms with E-state index in [9.17, 15) is 4.79 Å². The molecule has 1 aromatic heterocycles. The van der Waals surface area contributed by atoms with E-state index in [1.807, 2.05) is 18.0 Å². The minimum atomic E-state index is -0.450. The zero-order valence-electron chi connectivity index (χ0n) is 14.6. The third-order valence-corrected chi connectivity index (χ3v) is 4.99. The van der Waals surface area contributed by atoms with Crippen LogP contribution in [0.15, 0.2) is 18.3 Å². The number of carbonyl (C=O) groups is 1. The molecule has 1 fully saturated rings. The number of nitrogens with zero attached hydrogens (tertiary/aromatic N) is 3. The van der Waals surface area contributed by atoms with Crippen molar-refractivity contribution in [1.29, 1.82) is 0 Å². The fourth-order valence-electron chi connectivity index (χ4n) is 3.12. The van der Waals surface area contributed by atoms with E-state index in [0.717, 1.165) is 38.3 Å². The Morgan fingerprint density at radius 1 is 1.39 bits per heavy atom. The van der Waals surface area contributed by atoms with Gasteiger partial charge in [0.1, 0.15) is 5.38 Å². The molecule has 1 aliphatic rings. The number of rotatable bonds is 5. The van der Waals surface area contributed by atoms with Crippen LogP contribution in [0.1, 0.15) is 38.4 Å². The zero-order valence-corrected chi connectivity index (χ0v) is 15.4. The molecule has 128 valence electrons. The van der Waals surface area contributed by atoms with E-state index < -0.39 is 5.38 Å². The molecule has 2 heterocycles. The Kier molecular flexibility index (Phi) is 6.42. The molecule has 0 bridgehead atoms. The average Bonchev–Trinajstić information content (AvgIpc) is 2.55. The fraction of sp³-hybridized carbons (Fsp3) is 0.667. The van der Waals surface area contributed by atoms with Crippen LogP contribution in [0.4, 0.5) is 0 Å². The van der Waals surface area contributed by atoms with Crippen LogP contribution >= 0.6 is 11.6 Å². The molecule has 23 heavy (non-hydrogen) atoms. The lowest BCUT2D eigenvalue weighted by Gasteiger charge is -2.44. The van der Waals surface area contributed by atoms with Gasteiger partial charge in [-0.25, -0.2) is 0 Å². The lowest BCUT2D eigenvalue weighted by Crippen LogP contribution is -2.58. The van der Waals surface area contributed by atoms with Crippen molar-refractivity contribution < 1.29 is 4.79 Å². The highest BCUT2D eigenvalue weighted by Crippen LogP contribution is 2.22. The minimum Gasteiger partial charge on any atom is -0.336 e. The average molecular weight is 338 g/mol. The van der Waals surface area contributed by atoms with Crippen molar-refractivity contribution in [2.45, 2.75) is 52.1 Å². The molecule has 1 amide bonds. The number of hydrogen-bond acceptors (Lipinski definition) is 3. The van der Waals surface area contributed by atoms with Crippen LogP contribution in [0.2, 0.25) is 0 Å². The number of aryl methyl sites for hydroxylation is 1. The first kappa shape index (κ1) is 18.2. The van der Waals surface area contributed by atoms with Gasteiger partial charge in [-0.2, -0.15) is 0 Å². The Balaban J connectivity index is 2.06.